The average molecular weight is 240 g/mol. The van der Waals surface area contributed by atoms with Crippen molar-refractivity contribution in [2.75, 3.05) is 5.73 Å². The molecule has 0 aliphatic carbocycles. The molecule has 1 rings (SSSR count). The Morgan fingerprint density at radius 1 is 1.38 bits per heavy atom. The zero-order valence-corrected chi connectivity index (χ0v) is 10.5. The first-order valence-electron chi connectivity index (χ1n) is 5.12. The van der Waals surface area contributed by atoms with Crippen LogP contribution in [0.1, 0.15) is 20.8 Å². The van der Waals surface area contributed by atoms with Crippen molar-refractivity contribution in [3.8, 4) is 0 Å². The lowest BCUT2D eigenvalue weighted by molar-refractivity contribution is -0.384. The van der Waals surface area contributed by atoms with Crippen LogP contribution in [-0.2, 0) is 0 Å². The van der Waals surface area contributed by atoms with E-state index in [1.165, 1.54) is 12.1 Å². The Labute approximate surface area is 99.4 Å². The summed E-state index contributed by atoms with van der Waals surface area (Å²) in [4.78, 5) is 11.0. The Hall–Kier alpha value is -1.23. The number of hydrogen-bond acceptors (Lipinski definition) is 4. The van der Waals surface area contributed by atoms with Gasteiger partial charge in [-0.15, -0.1) is 11.8 Å². The molecule has 5 heteroatoms. The molecule has 0 bridgehead atoms. The highest BCUT2D eigenvalue weighted by molar-refractivity contribution is 8.00. The van der Waals surface area contributed by atoms with Gasteiger partial charge in [0.05, 0.1) is 10.6 Å². The number of nitrogen functional groups attached to an aromatic ring is 1. The molecule has 0 fully saturated rings. The second kappa shape index (κ2) is 5.21. The van der Waals surface area contributed by atoms with Crippen molar-refractivity contribution in [2.45, 2.75) is 30.9 Å². The molecular formula is C11H16N2O2S. The molecule has 1 unspecified atom stereocenters. The van der Waals surface area contributed by atoms with Gasteiger partial charge in [0.1, 0.15) is 0 Å². The highest BCUT2D eigenvalue weighted by atomic mass is 32.2. The third-order valence-electron chi connectivity index (χ3n) is 2.46. The van der Waals surface area contributed by atoms with Crippen molar-refractivity contribution in [3.05, 3.63) is 28.3 Å². The predicted octanol–water partition coefficient (Wildman–Crippen LogP) is 3.31. The van der Waals surface area contributed by atoms with Crippen LogP contribution in [0.15, 0.2) is 23.1 Å². The number of hydrogen-bond donors (Lipinski definition) is 1. The molecule has 4 nitrogen and oxygen atoms in total. The van der Waals surface area contributed by atoms with Gasteiger partial charge in [0.15, 0.2) is 0 Å². The van der Waals surface area contributed by atoms with Crippen molar-refractivity contribution >= 4 is 23.1 Å². The van der Waals surface area contributed by atoms with Gasteiger partial charge in [0, 0.05) is 22.3 Å². The fourth-order valence-electron chi connectivity index (χ4n) is 1.09. The maximum Gasteiger partial charge on any atom is 0.271 e. The number of thioether (sulfide) groups is 1. The molecule has 1 atom stereocenters. The summed E-state index contributed by atoms with van der Waals surface area (Å²) in [5.41, 5.74) is 6.30. The Bertz CT molecular complexity index is 394. The van der Waals surface area contributed by atoms with Crippen molar-refractivity contribution < 1.29 is 4.92 Å². The number of nitro groups is 1. The summed E-state index contributed by atoms with van der Waals surface area (Å²) < 4.78 is 0. The van der Waals surface area contributed by atoms with E-state index in [2.05, 4.69) is 20.8 Å². The maximum absolute atomic E-state index is 10.5. The van der Waals surface area contributed by atoms with Gasteiger partial charge in [-0.25, -0.2) is 0 Å². The minimum absolute atomic E-state index is 0.0408. The van der Waals surface area contributed by atoms with E-state index in [-0.39, 0.29) is 5.69 Å². The smallest absolute Gasteiger partial charge is 0.271 e. The largest absolute Gasteiger partial charge is 0.398 e. The summed E-state index contributed by atoms with van der Waals surface area (Å²) in [6.07, 6.45) is 0. The summed E-state index contributed by atoms with van der Waals surface area (Å²) in [5.74, 6) is 0.541. The normalized spacial score (nSPS) is 12.8. The molecule has 0 aromatic heterocycles. The van der Waals surface area contributed by atoms with Crippen molar-refractivity contribution in [3.63, 3.8) is 0 Å². The molecule has 2 N–H and O–H groups in total. The van der Waals surface area contributed by atoms with Crippen LogP contribution in [-0.4, -0.2) is 10.2 Å². The van der Waals surface area contributed by atoms with Crippen molar-refractivity contribution in [1.82, 2.24) is 0 Å². The van der Waals surface area contributed by atoms with E-state index in [9.17, 15) is 10.1 Å². The van der Waals surface area contributed by atoms with Gasteiger partial charge in [-0.1, -0.05) is 20.8 Å². The Morgan fingerprint density at radius 3 is 2.44 bits per heavy atom. The Morgan fingerprint density at radius 2 is 2.00 bits per heavy atom. The Balaban J connectivity index is 2.87. The zero-order chi connectivity index (χ0) is 12.3. The summed E-state index contributed by atoms with van der Waals surface area (Å²) in [5, 5.41) is 11.0. The van der Waals surface area contributed by atoms with Crippen molar-refractivity contribution in [2.24, 2.45) is 5.92 Å². The average Bonchev–Trinajstić information content (AvgIpc) is 2.20. The fourth-order valence-corrected chi connectivity index (χ4v) is 2.11. The zero-order valence-electron chi connectivity index (χ0n) is 9.64. The first-order chi connectivity index (χ1) is 7.41. The molecule has 16 heavy (non-hydrogen) atoms. The van der Waals surface area contributed by atoms with Crippen LogP contribution in [0, 0.1) is 16.0 Å². The molecule has 0 heterocycles. The lowest BCUT2D eigenvalue weighted by Crippen LogP contribution is -2.06. The molecule has 1 aromatic carbocycles. The standard InChI is InChI=1S/C11H16N2O2S/c1-7(2)8(3)16-11-5-4-9(13(14)15)6-10(11)12/h4-8H,12H2,1-3H3. The minimum atomic E-state index is -0.434. The molecule has 0 amide bonds. The van der Waals surface area contributed by atoms with Gasteiger partial charge >= 0.3 is 0 Å². The SMILES string of the molecule is CC(C)C(C)Sc1ccc([N+](=O)[O-])cc1N. The van der Waals surface area contributed by atoms with Crippen LogP contribution in [0.3, 0.4) is 0 Å². The van der Waals surface area contributed by atoms with Gasteiger partial charge in [-0.05, 0) is 12.0 Å². The van der Waals surface area contributed by atoms with E-state index in [1.807, 2.05) is 0 Å². The number of benzene rings is 1. The third kappa shape index (κ3) is 3.13. The molecular weight excluding hydrogens is 224 g/mol. The number of non-ortho nitro benzene ring substituents is 1. The van der Waals surface area contributed by atoms with Crippen LogP contribution in [0.4, 0.5) is 11.4 Å². The number of anilines is 1. The van der Waals surface area contributed by atoms with Crippen LogP contribution >= 0.6 is 11.8 Å². The van der Waals surface area contributed by atoms with Gasteiger partial charge in [-0.2, -0.15) is 0 Å². The molecule has 0 radical (unpaired) electrons. The maximum atomic E-state index is 10.5. The fraction of sp³-hybridized carbons (Fsp3) is 0.455. The molecule has 0 saturated carbocycles. The Kier molecular flexibility index (Phi) is 4.18. The lowest BCUT2D eigenvalue weighted by atomic mass is 10.2. The molecule has 0 saturated heterocycles. The predicted molar refractivity (Wildman–Crippen MR) is 67.7 cm³/mol. The summed E-state index contributed by atoms with van der Waals surface area (Å²) in [6.45, 7) is 6.40. The van der Waals surface area contributed by atoms with E-state index in [4.69, 9.17) is 5.73 Å². The van der Waals surface area contributed by atoms with Crippen molar-refractivity contribution in [1.29, 1.82) is 0 Å². The highest BCUT2D eigenvalue weighted by Gasteiger charge is 2.13. The second-order valence-electron chi connectivity index (χ2n) is 4.05. The van der Waals surface area contributed by atoms with Gasteiger partial charge in [0.25, 0.3) is 5.69 Å². The number of nitrogens with two attached hydrogens (primary N) is 1. The van der Waals surface area contributed by atoms with Crippen LogP contribution in [0.5, 0.6) is 0 Å². The van der Waals surface area contributed by atoms with Gasteiger partial charge < -0.3 is 5.73 Å². The van der Waals surface area contributed by atoms with E-state index in [1.54, 1.807) is 17.8 Å². The number of nitrogens with zero attached hydrogens (tertiary/aromatic N) is 1. The van der Waals surface area contributed by atoms with Crippen LogP contribution < -0.4 is 5.73 Å². The molecule has 88 valence electrons. The second-order valence-corrected chi connectivity index (χ2v) is 5.47. The molecule has 0 aliphatic rings. The first kappa shape index (κ1) is 12.8. The summed E-state index contributed by atoms with van der Waals surface area (Å²) in [7, 11) is 0. The monoisotopic (exact) mass is 240 g/mol. The first-order valence-corrected chi connectivity index (χ1v) is 6.00. The quantitative estimate of drug-likeness (QED) is 0.379. The minimum Gasteiger partial charge on any atom is -0.398 e. The van der Waals surface area contributed by atoms with E-state index >= 15 is 0 Å². The summed E-state index contributed by atoms with van der Waals surface area (Å²) in [6, 6.07) is 4.62. The van der Waals surface area contributed by atoms with E-state index in [0.29, 0.717) is 16.9 Å². The lowest BCUT2D eigenvalue weighted by Gasteiger charge is -2.15. The molecule has 0 spiro atoms. The van der Waals surface area contributed by atoms with E-state index in [0.717, 1.165) is 4.90 Å². The van der Waals surface area contributed by atoms with E-state index < -0.39 is 4.92 Å². The van der Waals surface area contributed by atoms with Gasteiger partial charge in [0.2, 0.25) is 0 Å². The number of nitro benzene ring substituents is 1. The van der Waals surface area contributed by atoms with Crippen LogP contribution in [0.2, 0.25) is 0 Å². The highest BCUT2D eigenvalue weighted by Crippen LogP contribution is 2.33. The topological polar surface area (TPSA) is 69.2 Å². The number of rotatable bonds is 4. The molecule has 1 aromatic rings. The van der Waals surface area contributed by atoms with Crippen LogP contribution in [0.25, 0.3) is 0 Å². The van der Waals surface area contributed by atoms with Gasteiger partial charge in [-0.3, -0.25) is 10.1 Å². The molecule has 0 aliphatic heterocycles. The third-order valence-corrected chi connectivity index (χ3v) is 4.00. The summed E-state index contributed by atoms with van der Waals surface area (Å²) >= 11 is 1.65.